The van der Waals surface area contributed by atoms with Gasteiger partial charge in [0.1, 0.15) is 0 Å². The van der Waals surface area contributed by atoms with E-state index in [1.165, 1.54) is 4.90 Å². The highest BCUT2D eigenvalue weighted by molar-refractivity contribution is 6.31. The second-order valence-corrected chi connectivity index (χ2v) is 4.79. The van der Waals surface area contributed by atoms with Crippen molar-refractivity contribution in [3.63, 3.8) is 0 Å². The molecule has 3 nitrogen and oxygen atoms in total. The molecule has 1 aliphatic rings. The van der Waals surface area contributed by atoms with Gasteiger partial charge in [-0.15, -0.1) is 0 Å². The minimum atomic E-state index is -0.336. The summed E-state index contributed by atoms with van der Waals surface area (Å²) in [7, 11) is 0. The van der Waals surface area contributed by atoms with Crippen molar-refractivity contribution in [3.8, 4) is 0 Å². The fourth-order valence-corrected chi connectivity index (χ4v) is 2.42. The lowest BCUT2D eigenvalue weighted by Gasteiger charge is -2.15. The molecule has 1 heterocycles. The molecular weight excluding hydrogens is 262 g/mol. The van der Waals surface area contributed by atoms with Crippen molar-refractivity contribution in [3.05, 3.63) is 64.7 Å². The Bertz CT molecular complexity index is 681. The number of amides is 2. The maximum atomic E-state index is 12.4. The highest BCUT2D eigenvalue weighted by Crippen LogP contribution is 2.30. The summed E-state index contributed by atoms with van der Waals surface area (Å²) in [5.41, 5.74) is 1.96. The van der Waals surface area contributed by atoms with Gasteiger partial charge < -0.3 is 0 Å². The lowest BCUT2D eigenvalue weighted by molar-refractivity contribution is -0.116. The van der Waals surface area contributed by atoms with E-state index < -0.39 is 0 Å². The maximum Gasteiger partial charge on any atom is 0.265 e. The Labute approximate surface area is 115 Å². The molecule has 4 heteroatoms. The molecule has 2 amide bonds. The van der Waals surface area contributed by atoms with Crippen LogP contribution in [0.2, 0.25) is 5.02 Å². The molecule has 1 aliphatic heterocycles. The molecule has 0 fully saturated rings. The predicted octanol–water partition coefficient (Wildman–Crippen LogP) is 3.07. The maximum absolute atomic E-state index is 12.4. The van der Waals surface area contributed by atoms with Crippen LogP contribution in [-0.2, 0) is 11.2 Å². The first-order valence-corrected chi connectivity index (χ1v) is 6.25. The molecule has 0 spiro atoms. The van der Waals surface area contributed by atoms with Crippen molar-refractivity contribution in [2.24, 2.45) is 0 Å². The lowest BCUT2D eigenvalue weighted by atomic mass is 10.1. The molecule has 2 aromatic carbocycles. The Kier molecular flexibility index (Phi) is 2.84. The molecule has 2 aromatic rings. The van der Waals surface area contributed by atoms with Crippen LogP contribution in [0.4, 0.5) is 5.69 Å². The number of carbonyl (C=O) groups excluding carboxylic acids is 2. The van der Waals surface area contributed by atoms with E-state index in [-0.39, 0.29) is 18.2 Å². The average Bonchev–Trinajstić information content (AvgIpc) is 2.74. The van der Waals surface area contributed by atoms with Gasteiger partial charge in [0, 0.05) is 10.6 Å². The molecule has 19 heavy (non-hydrogen) atoms. The van der Waals surface area contributed by atoms with Gasteiger partial charge in [-0.3, -0.25) is 9.59 Å². The van der Waals surface area contributed by atoms with E-state index in [0.717, 1.165) is 5.56 Å². The van der Waals surface area contributed by atoms with E-state index >= 15 is 0 Å². The number of nitrogens with zero attached hydrogens (tertiary/aromatic N) is 1. The Morgan fingerprint density at radius 3 is 2.68 bits per heavy atom. The van der Waals surface area contributed by atoms with Crippen LogP contribution in [0.15, 0.2) is 48.5 Å². The minimum Gasteiger partial charge on any atom is -0.274 e. The van der Waals surface area contributed by atoms with Gasteiger partial charge in [0.05, 0.1) is 12.1 Å². The summed E-state index contributed by atoms with van der Waals surface area (Å²) in [6.07, 6.45) is 0.266. The topological polar surface area (TPSA) is 37.4 Å². The number of carbonyl (C=O) groups is 2. The van der Waals surface area contributed by atoms with Crippen molar-refractivity contribution in [1.82, 2.24) is 0 Å². The first kappa shape index (κ1) is 11.9. The molecule has 3 rings (SSSR count). The van der Waals surface area contributed by atoms with E-state index in [4.69, 9.17) is 11.6 Å². The minimum absolute atomic E-state index is 0.203. The molecule has 0 bridgehead atoms. The molecule has 0 unspecified atom stereocenters. The van der Waals surface area contributed by atoms with Gasteiger partial charge in [-0.25, -0.2) is 4.90 Å². The number of hydrogen-bond acceptors (Lipinski definition) is 2. The second kappa shape index (κ2) is 4.52. The Balaban J connectivity index is 2.03. The highest BCUT2D eigenvalue weighted by Gasteiger charge is 2.32. The molecule has 94 valence electrons. The van der Waals surface area contributed by atoms with E-state index in [1.807, 2.05) is 18.2 Å². The van der Waals surface area contributed by atoms with Crippen LogP contribution in [0.5, 0.6) is 0 Å². The quantitative estimate of drug-likeness (QED) is 0.748. The number of hydrogen-bond donors (Lipinski definition) is 0. The summed E-state index contributed by atoms with van der Waals surface area (Å²) in [4.78, 5) is 25.6. The van der Waals surface area contributed by atoms with E-state index in [9.17, 15) is 9.59 Å². The monoisotopic (exact) mass is 271 g/mol. The largest absolute Gasteiger partial charge is 0.274 e. The average molecular weight is 272 g/mol. The van der Waals surface area contributed by atoms with Crippen molar-refractivity contribution in [2.45, 2.75) is 6.42 Å². The SMILES string of the molecule is O=C1Cc2ccccc2N1C(=O)c1cccc(Cl)c1. The van der Waals surface area contributed by atoms with Gasteiger partial charge in [0.25, 0.3) is 5.91 Å². The summed E-state index contributed by atoms with van der Waals surface area (Å²) >= 11 is 5.88. The third-order valence-corrected chi connectivity index (χ3v) is 3.33. The van der Waals surface area contributed by atoms with Crippen LogP contribution < -0.4 is 4.90 Å². The fraction of sp³-hybridized carbons (Fsp3) is 0.0667. The summed E-state index contributed by atoms with van der Waals surface area (Å²) in [6.45, 7) is 0. The van der Waals surface area contributed by atoms with E-state index in [0.29, 0.717) is 16.3 Å². The highest BCUT2D eigenvalue weighted by atomic mass is 35.5. The predicted molar refractivity (Wildman–Crippen MR) is 73.4 cm³/mol. The van der Waals surface area contributed by atoms with Gasteiger partial charge in [-0.2, -0.15) is 0 Å². The zero-order valence-electron chi connectivity index (χ0n) is 9.97. The summed E-state index contributed by atoms with van der Waals surface area (Å²) in [5, 5.41) is 0.478. The van der Waals surface area contributed by atoms with Gasteiger partial charge in [-0.1, -0.05) is 35.9 Å². The van der Waals surface area contributed by atoms with Gasteiger partial charge in [-0.05, 0) is 29.8 Å². The van der Waals surface area contributed by atoms with Gasteiger partial charge in [0.2, 0.25) is 5.91 Å². The van der Waals surface area contributed by atoms with Crippen molar-refractivity contribution in [2.75, 3.05) is 4.90 Å². The molecule has 0 radical (unpaired) electrons. The zero-order chi connectivity index (χ0) is 13.4. The summed E-state index contributed by atoms with van der Waals surface area (Å²) in [5.74, 6) is -0.538. The number of rotatable bonds is 1. The molecule has 0 N–H and O–H groups in total. The van der Waals surface area contributed by atoms with Crippen LogP contribution in [-0.4, -0.2) is 11.8 Å². The first-order valence-electron chi connectivity index (χ1n) is 5.87. The molecular formula is C15H10ClNO2. The summed E-state index contributed by atoms with van der Waals surface area (Å²) in [6, 6.07) is 13.9. The zero-order valence-corrected chi connectivity index (χ0v) is 10.7. The van der Waals surface area contributed by atoms with E-state index in [1.54, 1.807) is 30.3 Å². The van der Waals surface area contributed by atoms with Crippen molar-refractivity contribution < 1.29 is 9.59 Å². The Morgan fingerprint density at radius 2 is 1.89 bits per heavy atom. The van der Waals surface area contributed by atoms with Crippen LogP contribution in [0.25, 0.3) is 0 Å². The fourth-order valence-electron chi connectivity index (χ4n) is 2.23. The third kappa shape index (κ3) is 2.02. The van der Waals surface area contributed by atoms with Crippen molar-refractivity contribution >= 4 is 29.1 Å². The normalized spacial score (nSPS) is 13.5. The Morgan fingerprint density at radius 1 is 1.11 bits per heavy atom. The number of fused-ring (bicyclic) bond motifs is 1. The number of benzene rings is 2. The molecule has 0 saturated carbocycles. The van der Waals surface area contributed by atoms with Crippen molar-refractivity contribution in [1.29, 1.82) is 0 Å². The number of anilines is 1. The third-order valence-electron chi connectivity index (χ3n) is 3.10. The Hall–Kier alpha value is -2.13. The lowest BCUT2D eigenvalue weighted by Crippen LogP contribution is -2.33. The van der Waals surface area contributed by atoms with Crippen LogP contribution in [0.3, 0.4) is 0 Å². The standard InChI is InChI=1S/C15H10ClNO2/c16-12-6-3-5-11(8-12)15(19)17-13-7-2-1-4-10(13)9-14(17)18/h1-8H,9H2. The van der Waals surface area contributed by atoms with Gasteiger partial charge in [0.15, 0.2) is 0 Å². The first-order chi connectivity index (χ1) is 9.16. The van der Waals surface area contributed by atoms with Crippen LogP contribution in [0.1, 0.15) is 15.9 Å². The van der Waals surface area contributed by atoms with E-state index in [2.05, 4.69) is 0 Å². The van der Waals surface area contributed by atoms with Crippen LogP contribution >= 0.6 is 11.6 Å². The molecule has 0 atom stereocenters. The number of para-hydroxylation sites is 1. The number of halogens is 1. The van der Waals surface area contributed by atoms with Crippen LogP contribution in [0, 0.1) is 0 Å². The number of imide groups is 1. The van der Waals surface area contributed by atoms with Gasteiger partial charge >= 0.3 is 0 Å². The molecule has 0 saturated heterocycles. The molecule has 0 aliphatic carbocycles. The molecule has 0 aromatic heterocycles. The summed E-state index contributed by atoms with van der Waals surface area (Å²) < 4.78 is 0. The smallest absolute Gasteiger partial charge is 0.265 e. The second-order valence-electron chi connectivity index (χ2n) is 4.35.